The first-order chi connectivity index (χ1) is 12.5. The Bertz CT molecular complexity index is 903. The van der Waals surface area contributed by atoms with Gasteiger partial charge in [-0.3, -0.25) is 9.59 Å². The molecule has 0 saturated carbocycles. The number of nitrogens with zero attached hydrogens (tertiary/aromatic N) is 1. The van der Waals surface area contributed by atoms with Gasteiger partial charge in [-0.2, -0.15) is 0 Å². The molecule has 134 valence electrons. The molecule has 0 radical (unpaired) electrons. The smallest absolute Gasteiger partial charge is 0.329 e. The highest BCUT2D eigenvalue weighted by molar-refractivity contribution is 7.12. The Labute approximate surface area is 154 Å². The lowest BCUT2D eigenvalue weighted by Crippen LogP contribution is -2.38. The van der Waals surface area contributed by atoms with Crippen LogP contribution in [0.5, 0.6) is 5.75 Å². The number of carbonyl (C=O) groups excluding carboxylic acids is 3. The van der Waals surface area contributed by atoms with E-state index in [1.54, 1.807) is 30.3 Å². The summed E-state index contributed by atoms with van der Waals surface area (Å²) in [6.45, 7) is 1.57. The Hall–Kier alpha value is -3.13. The van der Waals surface area contributed by atoms with Crippen molar-refractivity contribution in [2.75, 3.05) is 19.0 Å². The summed E-state index contributed by atoms with van der Waals surface area (Å²) >= 11 is 1.51. The van der Waals surface area contributed by atoms with Crippen molar-refractivity contribution in [3.8, 4) is 5.75 Å². The van der Waals surface area contributed by atoms with Crippen LogP contribution in [0.3, 0.4) is 0 Å². The summed E-state index contributed by atoms with van der Waals surface area (Å²) in [7, 11) is 1.49. The van der Waals surface area contributed by atoms with Crippen LogP contribution in [0.15, 0.2) is 42.1 Å². The molecule has 1 aliphatic heterocycles. The number of para-hydroxylation sites is 2. The second kappa shape index (κ2) is 7.40. The van der Waals surface area contributed by atoms with E-state index in [-0.39, 0.29) is 12.2 Å². The fraction of sp³-hybridized carbons (Fsp3) is 0.167. The number of nitrogens with one attached hydrogen (secondary N) is 2. The number of carbonyl (C=O) groups is 3. The predicted molar refractivity (Wildman–Crippen MR) is 98.9 cm³/mol. The van der Waals surface area contributed by atoms with E-state index in [2.05, 4.69) is 10.6 Å². The van der Waals surface area contributed by atoms with Crippen LogP contribution < -0.4 is 15.4 Å². The molecule has 1 aromatic carbocycles. The molecule has 0 atom stereocenters. The van der Waals surface area contributed by atoms with Crippen molar-refractivity contribution in [2.45, 2.75) is 6.92 Å². The summed E-state index contributed by atoms with van der Waals surface area (Å²) < 4.78 is 5.16. The lowest BCUT2D eigenvalue weighted by molar-refractivity contribution is -0.127. The molecule has 7 nitrogen and oxygen atoms in total. The largest absolute Gasteiger partial charge is 0.495 e. The molecule has 1 aliphatic rings. The molecule has 2 heterocycles. The number of amides is 4. The van der Waals surface area contributed by atoms with Crippen LogP contribution in [0.2, 0.25) is 0 Å². The molecular weight excluding hydrogens is 354 g/mol. The van der Waals surface area contributed by atoms with Crippen LogP contribution in [0.1, 0.15) is 9.75 Å². The standard InChI is InChI=1S/C18H17N3O4S/c1-11-7-8-12(26-11)9-14-17(23)21(18(24)20-14)10-16(22)19-13-5-3-4-6-15(13)25-2/h3-9H,10H2,1-2H3,(H,19,22)(H,20,24). The van der Waals surface area contributed by atoms with Gasteiger partial charge in [-0.05, 0) is 37.3 Å². The zero-order valence-corrected chi connectivity index (χ0v) is 15.1. The fourth-order valence-electron chi connectivity index (χ4n) is 2.47. The minimum atomic E-state index is -0.621. The number of imide groups is 1. The number of thiophene rings is 1. The second-order valence-electron chi connectivity index (χ2n) is 5.58. The Morgan fingerprint density at radius 1 is 1.27 bits per heavy atom. The average Bonchev–Trinajstić information content (AvgIpc) is 3.13. The number of hydrogen-bond donors (Lipinski definition) is 2. The third-order valence-electron chi connectivity index (χ3n) is 3.69. The Kier molecular flexibility index (Phi) is 5.04. The van der Waals surface area contributed by atoms with Crippen molar-refractivity contribution in [3.05, 3.63) is 51.8 Å². The van der Waals surface area contributed by atoms with Crippen LogP contribution in [0, 0.1) is 6.92 Å². The zero-order valence-electron chi connectivity index (χ0n) is 14.2. The van der Waals surface area contributed by atoms with Crippen molar-refractivity contribution < 1.29 is 19.1 Å². The third kappa shape index (κ3) is 3.75. The summed E-state index contributed by atoms with van der Waals surface area (Å²) in [6.07, 6.45) is 1.61. The summed E-state index contributed by atoms with van der Waals surface area (Å²) in [5, 5.41) is 5.15. The van der Waals surface area contributed by atoms with Gasteiger partial charge in [-0.25, -0.2) is 9.69 Å². The monoisotopic (exact) mass is 371 g/mol. The number of methoxy groups -OCH3 is 1. The van der Waals surface area contributed by atoms with Gasteiger partial charge in [0, 0.05) is 9.75 Å². The number of ether oxygens (including phenoxy) is 1. The Morgan fingerprint density at radius 3 is 2.73 bits per heavy atom. The Morgan fingerprint density at radius 2 is 2.04 bits per heavy atom. The van der Waals surface area contributed by atoms with E-state index in [0.717, 1.165) is 14.7 Å². The molecule has 3 rings (SSSR count). The second-order valence-corrected chi connectivity index (χ2v) is 6.90. The molecule has 1 fully saturated rings. The normalized spacial score (nSPS) is 15.3. The summed E-state index contributed by atoms with van der Waals surface area (Å²) in [5.41, 5.74) is 0.624. The maximum absolute atomic E-state index is 12.4. The zero-order chi connectivity index (χ0) is 18.7. The number of benzene rings is 1. The topological polar surface area (TPSA) is 87.7 Å². The van der Waals surface area contributed by atoms with Gasteiger partial charge in [0.05, 0.1) is 12.8 Å². The van der Waals surface area contributed by atoms with Crippen molar-refractivity contribution in [1.29, 1.82) is 0 Å². The van der Waals surface area contributed by atoms with E-state index >= 15 is 0 Å². The van der Waals surface area contributed by atoms with Crippen molar-refractivity contribution in [3.63, 3.8) is 0 Å². The molecule has 1 aromatic heterocycles. The molecule has 4 amide bonds. The quantitative estimate of drug-likeness (QED) is 0.625. The van der Waals surface area contributed by atoms with Crippen LogP contribution in [-0.4, -0.2) is 36.4 Å². The molecule has 26 heavy (non-hydrogen) atoms. The number of anilines is 1. The summed E-state index contributed by atoms with van der Waals surface area (Å²) in [4.78, 5) is 39.5. The van der Waals surface area contributed by atoms with Gasteiger partial charge in [-0.1, -0.05) is 12.1 Å². The van der Waals surface area contributed by atoms with Gasteiger partial charge >= 0.3 is 6.03 Å². The molecule has 0 bridgehead atoms. The third-order valence-corrected chi connectivity index (χ3v) is 4.64. The molecular formula is C18H17N3O4S. The maximum Gasteiger partial charge on any atom is 0.329 e. The highest BCUT2D eigenvalue weighted by Crippen LogP contribution is 2.23. The van der Waals surface area contributed by atoms with E-state index in [1.165, 1.54) is 18.4 Å². The van der Waals surface area contributed by atoms with Crippen molar-refractivity contribution >= 4 is 40.9 Å². The summed E-state index contributed by atoms with van der Waals surface area (Å²) in [5.74, 6) is -0.533. The molecule has 2 aromatic rings. The number of aryl methyl sites for hydroxylation is 1. The van der Waals surface area contributed by atoms with Gasteiger partial charge < -0.3 is 15.4 Å². The van der Waals surface area contributed by atoms with Gasteiger partial charge in [0.15, 0.2) is 0 Å². The fourth-order valence-corrected chi connectivity index (χ4v) is 3.29. The number of hydrogen-bond acceptors (Lipinski definition) is 5. The van der Waals surface area contributed by atoms with Crippen LogP contribution >= 0.6 is 11.3 Å². The predicted octanol–water partition coefficient (Wildman–Crippen LogP) is 2.60. The van der Waals surface area contributed by atoms with Crippen LogP contribution in [-0.2, 0) is 9.59 Å². The van der Waals surface area contributed by atoms with E-state index in [1.807, 2.05) is 19.1 Å². The van der Waals surface area contributed by atoms with Gasteiger partial charge in [0.2, 0.25) is 5.91 Å². The van der Waals surface area contributed by atoms with E-state index in [9.17, 15) is 14.4 Å². The number of urea groups is 1. The maximum atomic E-state index is 12.4. The van der Waals surface area contributed by atoms with E-state index in [4.69, 9.17) is 4.74 Å². The number of rotatable bonds is 5. The average molecular weight is 371 g/mol. The lowest BCUT2D eigenvalue weighted by atomic mass is 10.3. The van der Waals surface area contributed by atoms with E-state index < -0.39 is 17.8 Å². The van der Waals surface area contributed by atoms with Gasteiger partial charge in [0.1, 0.15) is 18.0 Å². The summed E-state index contributed by atoms with van der Waals surface area (Å²) in [6, 6.07) is 10.1. The highest BCUT2D eigenvalue weighted by atomic mass is 32.1. The molecule has 0 aliphatic carbocycles. The minimum Gasteiger partial charge on any atom is -0.495 e. The lowest BCUT2D eigenvalue weighted by Gasteiger charge is -2.13. The molecule has 0 spiro atoms. The molecule has 0 unspecified atom stereocenters. The first-order valence-electron chi connectivity index (χ1n) is 7.82. The van der Waals surface area contributed by atoms with E-state index in [0.29, 0.717) is 11.4 Å². The molecule has 1 saturated heterocycles. The van der Waals surface area contributed by atoms with Gasteiger partial charge in [0.25, 0.3) is 5.91 Å². The van der Waals surface area contributed by atoms with Crippen molar-refractivity contribution in [2.24, 2.45) is 0 Å². The minimum absolute atomic E-state index is 0.155. The first kappa shape index (κ1) is 17.7. The van der Waals surface area contributed by atoms with Crippen LogP contribution in [0.4, 0.5) is 10.5 Å². The first-order valence-corrected chi connectivity index (χ1v) is 8.63. The van der Waals surface area contributed by atoms with Crippen LogP contribution in [0.25, 0.3) is 6.08 Å². The van der Waals surface area contributed by atoms with Gasteiger partial charge in [-0.15, -0.1) is 11.3 Å². The van der Waals surface area contributed by atoms with Crippen molar-refractivity contribution in [1.82, 2.24) is 10.2 Å². The SMILES string of the molecule is COc1ccccc1NC(=O)CN1C(=O)NC(=Cc2ccc(C)s2)C1=O. The molecule has 2 N–H and O–H groups in total. The Balaban J connectivity index is 1.69. The highest BCUT2D eigenvalue weighted by Gasteiger charge is 2.35. The molecule has 8 heteroatoms.